The molecule has 0 saturated carbocycles. The van der Waals surface area contributed by atoms with Crippen LogP contribution in [0.25, 0.3) is 0 Å². The van der Waals surface area contributed by atoms with Gasteiger partial charge in [-0.2, -0.15) is 0 Å². The summed E-state index contributed by atoms with van der Waals surface area (Å²) in [7, 11) is 1.73. The van der Waals surface area contributed by atoms with Gasteiger partial charge in [0.25, 0.3) is 0 Å². The number of carbonyl (C=O) groups excluding carboxylic acids is 2. The van der Waals surface area contributed by atoms with Gasteiger partial charge in [0.2, 0.25) is 11.8 Å². The highest BCUT2D eigenvalue weighted by Crippen LogP contribution is 2.23. The Labute approximate surface area is 138 Å². The minimum absolute atomic E-state index is 0.109. The van der Waals surface area contributed by atoms with Crippen molar-refractivity contribution in [2.24, 2.45) is 0 Å². The van der Waals surface area contributed by atoms with E-state index in [1.807, 2.05) is 39.8 Å². The van der Waals surface area contributed by atoms with Crippen LogP contribution in [-0.2, 0) is 9.59 Å². The van der Waals surface area contributed by atoms with Gasteiger partial charge >= 0.3 is 0 Å². The molecule has 2 amide bonds. The summed E-state index contributed by atoms with van der Waals surface area (Å²) < 4.78 is 5.47. The second kappa shape index (κ2) is 8.53. The molecule has 0 unspecified atom stereocenters. The van der Waals surface area contributed by atoms with E-state index in [0.717, 1.165) is 0 Å². The van der Waals surface area contributed by atoms with Crippen molar-refractivity contribution < 1.29 is 14.3 Å². The molecule has 0 atom stereocenters. The van der Waals surface area contributed by atoms with Crippen LogP contribution >= 0.6 is 0 Å². The summed E-state index contributed by atoms with van der Waals surface area (Å²) in [5.41, 5.74) is 0.350. The molecule has 0 aliphatic heterocycles. The predicted molar refractivity (Wildman–Crippen MR) is 91.6 cm³/mol. The molecule has 2 N–H and O–H groups in total. The Hall–Kier alpha value is -2.08. The van der Waals surface area contributed by atoms with Crippen molar-refractivity contribution in [3.05, 3.63) is 24.3 Å². The van der Waals surface area contributed by atoms with Crippen LogP contribution in [0.2, 0.25) is 0 Å². The maximum Gasteiger partial charge on any atom is 0.238 e. The number of hydrogen-bond donors (Lipinski definition) is 2. The van der Waals surface area contributed by atoms with Gasteiger partial charge in [-0.15, -0.1) is 0 Å². The normalized spacial score (nSPS) is 11.2. The first-order chi connectivity index (χ1) is 10.7. The second-order valence-corrected chi connectivity index (χ2v) is 6.45. The van der Waals surface area contributed by atoms with Crippen LogP contribution < -0.4 is 15.4 Å². The lowest BCUT2D eigenvalue weighted by Gasteiger charge is -2.23. The fourth-order valence-corrected chi connectivity index (χ4v) is 2.05. The zero-order chi connectivity index (χ0) is 17.5. The number of benzene rings is 1. The largest absolute Gasteiger partial charge is 0.492 e. The van der Waals surface area contributed by atoms with Crippen LogP contribution in [0.3, 0.4) is 0 Å². The molecule has 0 heterocycles. The third-order valence-corrected chi connectivity index (χ3v) is 2.80. The fourth-order valence-electron chi connectivity index (χ4n) is 2.05. The quantitative estimate of drug-likeness (QED) is 0.804. The Balaban J connectivity index is 2.52. The van der Waals surface area contributed by atoms with E-state index < -0.39 is 0 Å². The molecular weight excluding hydrogens is 294 g/mol. The van der Waals surface area contributed by atoms with Crippen LogP contribution in [-0.4, -0.2) is 49.0 Å². The third kappa shape index (κ3) is 7.65. The first-order valence-corrected chi connectivity index (χ1v) is 7.72. The van der Waals surface area contributed by atoms with Gasteiger partial charge in [0.05, 0.1) is 25.4 Å². The Morgan fingerprint density at radius 1 is 1.13 bits per heavy atom. The average Bonchev–Trinajstić information content (AvgIpc) is 2.38. The predicted octanol–water partition coefficient (Wildman–Crippen LogP) is 1.87. The SMILES string of the molecule is CCOc1ccccc1NC(=O)CN(C)CC(=O)NC(C)(C)C. The number of amides is 2. The molecule has 128 valence electrons. The molecule has 6 heteroatoms. The Morgan fingerprint density at radius 2 is 1.74 bits per heavy atom. The summed E-state index contributed by atoms with van der Waals surface area (Å²) in [6.07, 6.45) is 0. The number of rotatable bonds is 7. The highest BCUT2D eigenvalue weighted by Gasteiger charge is 2.16. The summed E-state index contributed by atoms with van der Waals surface area (Å²) in [6.45, 7) is 8.46. The second-order valence-electron chi connectivity index (χ2n) is 6.45. The summed E-state index contributed by atoms with van der Waals surface area (Å²) in [5.74, 6) is 0.335. The van der Waals surface area contributed by atoms with Crippen LogP contribution in [0.1, 0.15) is 27.7 Å². The first kappa shape index (κ1) is 19.0. The summed E-state index contributed by atoms with van der Waals surface area (Å²) in [6, 6.07) is 7.27. The smallest absolute Gasteiger partial charge is 0.238 e. The average molecular weight is 321 g/mol. The third-order valence-electron chi connectivity index (χ3n) is 2.80. The molecule has 0 bridgehead atoms. The zero-order valence-corrected chi connectivity index (χ0v) is 14.6. The molecule has 0 radical (unpaired) electrons. The number of anilines is 1. The molecule has 6 nitrogen and oxygen atoms in total. The molecule has 0 aliphatic rings. The van der Waals surface area contributed by atoms with Crippen LogP contribution in [0.15, 0.2) is 24.3 Å². The molecule has 0 aliphatic carbocycles. The number of hydrogen-bond acceptors (Lipinski definition) is 4. The van der Waals surface area contributed by atoms with E-state index in [-0.39, 0.29) is 30.4 Å². The molecule has 1 aromatic rings. The molecule has 1 rings (SSSR count). The number of nitrogens with one attached hydrogen (secondary N) is 2. The maximum atomic E-state index is 12.1. The van der Waals surface area contributed by atoms with Gasteiger partial charge in [-0.1, -0.05) is 12.1 Å². The number of ether oxygens (including phenoxy) is 1. The van der Waals surface area contributed by atoms with E-state index in [4.69, 9.17) is 4.74 Å². The number of nitrogens with zero attached hydrogens (tertiary/aromatic N) is 1. The minimum atomic E-state index is -0.281. The molecule has 0 fully saturated rings. The van der Waals surface area contributed by atoms with E-state index in [9.17, 15) is 9.59 Å². The fraction of sp³-hybridized carbons (Fsp3) is 0.529. The summed E-state index contributed by atoms with van der Waals surface area (Å²) in [4.78, 5) is 25.6. The van der Waals surface area contributed by atoms with E-state index in [0.29, 0.717) is 18.0 Å². The lowest BCUT2D eigenvalue weighted by atomic mass is 10.1. The van der Waals surface area contributed by atoms with Crippen molar-refractivity contribution in [2.45, 2.75) is 33.2 Å². The van der Waals surface area contributed by atoms with Crippen molar-refractivity contribution in [3.63, 3.8) is 0 Å². The molecule has 0 aromatic heterocycles. The Kier molecular flexibility index (Phi) is 7.03. The van der Waals surface area contributed by atoms with Crippen molar-refractivity contribution in [1.82, 2.24) is 10.2 Å². The van der Waals surface area contributed by atoms with Crippen LogP contribution in [0.4, 0.5) is 5.69 Å². The lowest BCUT2D eigenvalue weighted by molar-refractivity contribution is -0.124. The number of likely N-dealkylation sites (N-methyl/N-ethyl adjacent to an activating group) is 1. The topological polar surface area (TPSA) is 70.7 Å². The molecular formula is C17H27N3O3. The highest BCUT2D eigenvalue weighted by molar-refractivity contribution is 5.94. The van der Waals surface area contributed by atoms with Gasteiger partial charge in [0.15, 0.2) is 0 Å². The van der Waals surface area contributed by atoms with E-state index in [2.05, 4.69) is 10.6 Å². The lowest BCUT2D eigenvalue weighted by Crippen LogP contribution is -2.46. The molecule has 0 spiro atoms. The molecule has 0 saturated heterocycles. The van der Waals surface area contributed by atoms with E-state index in [1.165, 1.54) is 0 Å². The van der Waals surface area contributed by atoms with Gasteiger partial charge in [-0.3, -0.25) is 14.5 Å². The highest BCUT2D eigenvalue weighted by atomic mass is 16.5. The van der Waals surface area contributed by atoms with Gasteiger partial charge in [-0.25, -0.2) is 0 Å². The van der Waals surface area contributed by atoms with Crippen molar-refractivity contribution in [1.29, 1.82) is 0 Å². The van der Waals surface area contributed by atoms with Gasteiger partial charge in [-0.05, 0) is 46.9 Å². The number of carbonyl (C=O) groups is 2. The van der Waals surface area contributed by atoms with Crippen LogP contribution in [0.5, 0.6) is 5.75 Å². The molecule has 23 heavy (non-hydrogen) atoms. The Bertz CT molecular complexity index is 538. The molecule has 1 aromatic carbocycles. The number of para-hydroxylation sites is 2. The van der Waals surface area contributed by atoms with Crippen molar-refractivity contribution in [3.8, 4) is 5.75 Å². The standard InChI is InChI=1S/C17H27N3O3/c1-6-23-14-10-8-7-9-13(14)18-15(21)11-20(5)12-16(22)19-17(2,3)4/h7-10H,6,11-12H2,1-5H3,(H,18,21)(H,19,22). The Morgan fingerprint density at radius 3 is 2.35 bits per heavy atom. The monoisotopic (exact) mass is 321 g/mol. The van der Waals surface area contributed by atoms with E-state index >= 15 is 0 Å². The summed E-state index contributed by atoms with van der Waals surface area (Å²) in [5, 5.41) is 5.68. The zero-order valence-electron chi connectivity index (χ0n) is 14.6. The first-order valence-electron chi connectivity index (χ1n) is 7.72. The van der Waals surface area contributed by atoms with Crippen molar-refractivity contribution >= 4 is 17.5 Å². The van der Waals surface area contributed by atoms with Crippen LogP contribution in [0, 0.1) is 0 Å². The van der Waals surface area contributed by atoms with E-state index in [1.54, 1.807) is 24.1 Å². The maximum absolute atomic E-state index is 12.1. The van der Waals surface area contributed by atoms with Gasteiger partial charge < -0.3 is 15.4 Å². The van der Waals surface area contributed by atoms with Gasteiger partial charge in [0.1, 0.15) is 5.75 Å². The minimum Gasteiger partial charge on any atom is -0.492 e. The van der Waals surface area contributed by atoms with Gasteiger partial charge in [0, 0.05) is 5.54 Å². The van der Waals surface area contributed by atoms with Crippen molar-refractivity contribution in [2.75, 3.05) is 32.1 Å². The summed E-state index contributed by atoms with van der Waals surface area (Å²) >= 11 is 0.